The third-order valence-electron chi connectivity index (χ3n) is 3.35. The van der Waals surface area contributed by atoms with Crippen LogP contribution in [0.25, 0.3) is 0 Å². The van der Waals surface area contributed by atoms with Gasteiger partial charge in [-0.15, -0.1) is 0 Å². The quantitative estimate of drug-likeness (QED) is 0.852. The summed E-state index contributed by atoms with van der Waals surface area (Å²) in [5.41, 5.74) is 1.75. The van der Waals surface area contributed by atoms with Gasteiger partial charge in [0.15, 0.2) is 0 Å². The van der Waals surface area contributed by atoms with Crippen molar-refractivity contribution < 1.29 is 8.42 Å². The van der Waals surface area contributed by atoms with Crippen molar-refractivity contribution in [2.75, 3.05) is 7.05 Å². The summed E-state index contributed by atoms with van der Waals surface area (Å²) < 4.78 is 26.1. The molecule has 1 radical (unpaired) electrons. The average Bonchev–Trinajstić information content (AvgIpc) is 2.53. The SMILES string of the molecule is Cc1ccc(S(=O)(=O)N(C)[CH]C(C#N)c2ccccc2)cc1. The Bertz CT molecular complexity index is 763. The number of sulfonamides is 1. The molecule has 0 aliphatic carbocycles. The fourth-order valence-electron chi connectivity index (χ4n) is 2.02. The molecule has 22 heavy (non-hydrogen) atoms. The van der Waals surface area contributed by atoms with Gasteiger partial charge in [0.2, 0.25) is 10.0 Å². The number of nitrogens with zero attached hydrogens (tertiary/aromatic N) is 2. The van der Waals surface area contributed by atoms with E-state index in [2.05, 4.69) is 6.07 Å². The molecule has 0 aliphatic rings. The molecule has 0 bridgehead atoms. The van der Waals surface area contributed by atoms with Crippen LogP contribution >= 0.6 is 0 Å². The van der Waals surface area contributed by atoms with E-state index in [0.717, 1.165) is 15.4 Å². The van der Waals surface area contributed by atoms with E-state index in [9.17, 15) is 13.7 Å². The second kappa shape index (κ2) is 6.73. The fourth-order valence-corrected chi connectivity index (χ4v) is 3.12. The molecular formula is C17H17N2O2S. The Morgan fingerprint density at radius 3 is 2.23 bits per heavy atom. The summed E-state index contributed by atoms with van der Waals surface area (Å²) in [5, 5.41) is 9.30. The van der Waals surface area contributed by atoms with Gasteiger partial charge < -0.3 is 0 Å². The van der Waals surface area contributed by atoms with E-state index in [1.165, 1.54) is 13.6 Å². The summed E-state index contributed by atoms with van der Waals surface area (Å²) in [6.07, 6.45) is 0. The van der Waals surface area contributed by atoms with Crippen LogP contribution in [0.3, 0.4) is 0 Å². The van der Waals surface area contributed by atoms with E-state index >= 15 is 0 Å². The van der Waals surface area contributed by atoms with Gasteiger partial charge in [-0.1, -0.05) is 48.0 Å². The van der Waals surface area contributed by atoms with Crippen LogP contribution in [0.5, 0.6) is 0 Å². The Morgan fingerprint density at radius 2 is 1.68 bits per heavy atom. The first-order valence-electron chi connectivity index (χ1n) is 6.79. The molecule has 0 heterocycles. The lowest BCUT2D eigenvalue weighted by Gasteiger charge is -2.19. The van der Waals surface area contributed by atoms with Crippen molar-refractivity contribution in [3.05, 3.63) is 72.3 Å². The van der Waals surface area contributed by atoms with Gasteiger partial charge in [0.05, 0.1) is 23.4 Å². The van der Waals surface area contributed by atoms with Crippen LogP contribution in [0, 0.1) is 24.8 Å². The van der Waals surface area contributed by atoms with Gasteiger partial charge in [-0.25, -0.2) is 8.42 Å². The molecule has 0 aromatic heterocycles. The second-order valence-corrected chi connectivity index (χ2v) is 7.00. The van der Waals surface area contributed by atoms with Crippen LogP contribution in [-0.4, -0.2) is 19.8 Å². The molecule has 2 rings (SSSR count). The van der Waals surface area contributed by atoms with Crippen LogP contribution in [0.1, 0.15) is 17.0 Å². The molecule has 0 saturated carbocycles. The summed E-state index contributed by atoms with van der Waals surface area (Å²) in [6, 6.07) is 17.9. The van der Waals surface area contributed by atoms with Gasteiger partial charge in [0.25, 0.3) is 0 Å². The normalized spacial score (nSPS) is 12.8. The summed E-state index contributed by atoms with van der Waals surface area (Å²) in [7, 11) is -2.20. The monoisotopic (exact) mass is 313 g/mol. The van der Waals surface area contributed by atoms with Gasteiger partial charge in [-0.3, -0.25) is 0 Å². The highest BCUT2D eigenvalue weighted by molar-refractivity contribution is 7.89. The molecule has 0 spiro atoms. The first-order chi connectivity index (χ1) is 10.4. The van der Waals surface area contributed by atoms with E-state index in [-0.39, 0.29) is 4.90 Å². The average molecular weight is 313 g/mol. The van der Waals surface area contributed by atoms with E-state index < -0.39 is 15.9 Å². The first-order valence-corrected chi connectivity index (χ1v) is 8.23. The number of aryl methyl sites for hydroxylation is 1. The molecule has 0 amide bonds. The highest BCUT2D eigenvalue weighted by Gasteiger charge is 2.24. The molecule has 5 heteroatoms. The lowest BCUT2D eigenvalue weighted by atomic mass is 10.0. The third-order valence-corrected chi connectivity index (χ3v) is 5.10. The smallest absolute Gasteiger partial charge is 0.207 e. The summed E-state index contributed by atoms with van der Waals surface area (Å²) in [6.45, 7) is 3.32. The first kappa shape index (κ1) is 16.2. The van der Waals surface area contributed by atoms with Gasteiger partial charge in [0.1, 0.15) is 0 Å². The molecule has 1 atom stereocenters. The number of likely N-dealkylation sites (N-methyl/N-ethyl adjacent to an activating group) is 1. The van der Waals surface area contributed by atoms with Gasteiger partial charge >= 0.3 is 0 Å². The van der Waals surface area contributed by atoms with E-state index in [1.54, 1.807) is 36.4 Å². The molecule has 0 fully saturated rings. The maximum absolute atomic E-state index is 12.5. The number of benzene rings is 2. The molecule has 0 saturated heterocycles. The predicted octanol–water partition coefficient (Wildman–Crippen LogP) is 3.08. The van der Waals surface area contributed by atoms with Crippen molar-refractivity contribution in [3.63, 3.8) is 0 Å². The Kier molecular flexibility index (Phi) is 4.96. The van der Waals surface area contributed by atoms with Crippen molar-refractivity contribution in [1.82, 2.24) is 4.31 Å². The van der Waals surface area contributed by atoms with E-state index in [0.29, 0.717) is 0 Å². The molecule has 1 unspecified atom stereocenters. The maximum atomic E-state index is 12.5. The fraction of sp³-hybridized carbons (Fsp3) is 0.176. The molecule has 113 valence electrons. The minimum atomic E-state index is -3.64. The van der Waals surface area contributed by atoms with E-state index in [1.807, 2.05) is 25.1 Å². The minimum Gasteiger partial charge on any atom is -0.207 e. The predicted molar refractivity (Wildman–Crippen MR) is 85.2 cm³/mol. The maximum Gasteiger partial charge on any atom is 0.243 e. The number of nitriles is 1. The van der Waals surface area contributed by atoms with Gasteiger partial charge in [-0.05, 0) is 24.6 Å². The second-order valence-electron chi connectivity index (χ2n) is 5.00. The molecule has 0 N–H and O–H groups in total. The largest absolute Gasteiger partial charge is 0.243 e. The molecular weight excluding hydrogens is 296 g/mol. The lowest BCUT2D eigenvalue weighted by Crippen LogP contribution is -2.26. The Morgan fingerprint density at radius 1 is 1.09 bits per heavy atom. The van der Waals surface area contributed by atoms with Crippen molar-refractivity contribution >= 4 is 10.0 Å². The summed E-state index contributed by atoms with van der Waals surface area (Å²) in [4.78, 5) is 0.210. The number of rotatable bonds is 5. The zero-order valence-corrected chi connectivity index (χ0v) is 13.3. The summed E-state index contributed by atoms with van der Waals surface area (Å²) >= 11 is 0. The Hall–Kier alpha value is -2.16. The van der Waals surface area contributed by atoms with Crippen LogP contribution in [0.15, 0.2) is 59.5 Å². The van der Waals surface area contributed by atoms with Crippen molar-refractivity contribution in [3.8, 4) is 6.07 Å². The lowest BCUT2D eigenvalue weighted by molar-refractivity contribution is 0.507. The zero-order valence-electron chi connectivity index (χ0n) is 12.5. The number of hydrogen-bond acceptors (Lipinski definition) is 3. The molecule has 4 nitrogen and oxygen atoms in total. The standard InChI is InChI=1S/C17H17N2O2S/c1-14-8-10-17(11-9-14)22(20,21)19(2)13-16(12-18)15-6-4-3-5-7-15/h3-11,13,16H,1-2H3. The third kappa shape index (κ3) is 3.53. The Labute approximate surface area is 131 Å². The topological polar surface area (TPSA) is 61.2 Å². The zero-order chi connectivity index (χ0) is 16.2. The summed E-state index contributed by atoms with van der Waals surface area (Å²) in [5.74, 6) is -0.619. The molecule has 2 aromatic carbocycles. The van der Waals surface area contributed by atoms with Crippen molar-refractivity contribution in [1.29, 1.82) is 5.26 Å². The van der Waals surface area contributed by atoms with Gasteiger partial charge in [-0.2, -0.15) is 9.57 Å². The van der Waals surface area contributed by atoms with Gasteiger partial charge in [0, 0.05) is 7.05 Å². The van der Waals surface area contributed by atoms with Crippen molar-refractivity contribution in [2.24, 2.45) is 0 Å². The van der Waals surface area contributed by atoms with E-state index in [4.69, 9.17) is 0 Å². The van der Waals surface area contributed by atoms with Crippen LogP contribution < -0.4 is 0 Å². The Balaban J connectivity index is 2.22. The highest BCUT2D eigenvalue weighted by atomic mass is 32.2. The van der Waals surface area contributed by atoms with Crippen LogP contribution in [0.4, 0.5) is 0 Å². The highest BCUT2D eigenvalue weighted by Crippen LogP contribution is 2.23. The van der Waals surface area contributed by atoms with Crippen LogP contribution in [-0.2, 0) is 10.0 Å². The van der Waals surface area contributed by atoms with Crippen LogP contribution in [0.2, 0.25) is 0 Å². The van der Waals surface area contributed by atoms with Crippen molar-refractivity contribution in [2.45, 2.75) is 17.7 Å². The molecule has 0 aliphatic heterocycles. The minimum absolute atomic E-state index is 0.210. The number of hydrogen-bond donors (Lipinski definition) is 0. The molecule has 2 aromatic rings.